The van der Waals surface area contributed by atoms with Crippen LogP contribution in [0.15, 0.2) is 35.1 Å². The van der Waals surface area contributed by atoms with Gasteiger partial charge in [0, 0.05) is 5.92 Å². The Morgan fingerprint density at radius 2 is 1.92 bits per heavy atom. The van der Waals surface area contributed by atoms with E-state index in [0.717, 1.165) is 15.3 Å². The number of rotatable bonds is 5. The summed E-state index contributed by atoms with van der Waals surface area (Å²) < 4.78 is 2.00. The van der Waals surface area contributed by atoms with Gasteiger partial charge in [-0.25, -0.2) is 9.67 Å². The average Bonchev–Trinajstić information content (AvgIpc) is 3.06. The van der Waals surface area contributed by atoms with Gasteiger partial charge in [-0.1, -0.05) is 44.2 Å². The predicted molar refractivity (Wildman–Crippen MR) is 104 cm³/mol. The molecule has 0 aliphatic carbocycles. The molecule has 1 amide bonds. The van der Waals surface area contributed by atoms with Crippen molar-refractivity contribution in [2.75, 3.05) is 0 Å². The molecular weight excluding hydrogens is 348 g/mol. The lowest BCUT2D eigenvalue weighted by Gasteiger charge is -2.14. The van der Waals surface area contributed by atoms with Gasteiger partial charge in [0.15, 0.2) is 5.52 Å². The number of amides is 1. The van der Waals surface area contributed by atoms with Crippen LogP contribution in [-0.2, 0) is 11.3 Å². The zero-order valence-corrected chi connectivity index (χ0v) is 16.1. The van der Waals surface area contributed by atoms with Gasteiger partial charge in [-0.3, -0.25) is 9.59 Å². The SMILES string of the molecule is Cc1nn(CC(=O)N[C@H](C)c2ccccc2)c(=O)c2nc(C(C)C)sc12. The van der Waals surface area contributed by atoms with Gasteiger partial charge in [0.2, 0.25) is 5.91 Å². The molecule has 0 spiro atoms. The molecule has 1 atom stereocenters. The Kier molecular flexibility index (Phi) is 5.18. The normalized spacial score (nSPS) is 12.5. The van der Waals surface area contributed by atoms with E-state index in [-0.39, 0.29) is 30.0 Å². The fourth-order valence-corrected chi connectivity index (χ4v) is 3.72. The van der Waals surface area contributed by atoms with Crippen molar-refractivity contribution in [3.8, 4) is 0 Å². The monoisotopic (exact) mass is 370 g/mol. The van der Waals surface area contributed by atoms with Crippen LogP contribution in [0.2, 0.25) is 0 Å². The molecule has 0 unspecified atom stereocenters. The highest BCUT2D eigenvalue weighted by atomic mass is 32.1. The third-order valence-corrected chi connectivity index (χ3v) is 5.61. The largest absolute Gasteiger partial charge is 0.348 e. The number of thiazole rings is 1. The quantitative estimate of drug-likeness (QED) is 0.748. The maximum atomic E-state index is 12.7. The second kappa shape index (κ2) is 7.37. The van der Waals surface area contributed by atoms with Crippen molar-refractivity contribution in [3.05, 3.63) is 57.0 Å². The molecule has 1 N–H and O–H groups in total. The third-order valence-electron chi connectivity index (χ3n) is 4.14. The highest BCUT2D eigenvalue weighted by Crippen LogP contribution is 2.26. The van der Waals surface area contributed by atoms with E-state index in [0.29, 0.717) is 11.2 Å². The number of carbonyl (C=O) groups is 1. The van der Waals surface area contributed by atoms with Crippen molar-refractivity contribution in [3.63, 3.8) is 0 Å². The molecule has 7 heteroatoms. The van der Waals surface area contributed by atoms with Crippen LogP contribution in [0.5, 0.6) is 0 Å². The summed E-state index contributed by atoms with van der Waals surface area (Å²) in [4.78, 5) is 29.5. The van der Waals surface area contributed by atoms with Crippen LogP contribution >= 0.6 is 11.3 Å². The van der Waals surface area contributed by atoms with Crippen LogP contribution in [0.4, 0.5) is 0 Å². The van der Waals surface area contributed by atoms with Crippen molar-refractivity contribution >= 4 is 27.5 Å². The Morgan fingerprint density at radius 3 is 2.58 bits per heavy atom. The van der Waals surface area contributed by atoms with E-state index in [9.17, 15) is 9.59 Å². The van der Waals surface area contributed by atoms with Crippen LogP contribution < -0.4 is 10.9 Å². The van der Waals surface area contributed by atoms with E-state index in [1.54, 1.807) is 0 Å². The van der Waals surface area contributed by atoms with Gasteiger partial charge in [0.25, 0.3) is 5.56 Å². The fourth-order valence-electron chi connectivity index (χ4n) is 2.72. The molecule has 6 nitrogen and oxygen atoms in total. The number of fused-ring (bicyclic) bond motifs is 1. The molecule has 136 valence electrons. The Hall–Kier alpha value is -2.54. The molecule has 2 aromatic heterocycles. The first-order valence-corrected chi connectivity index (χ1v) is 9.41. The molecule has 0 saturated heterocycles. The highest BCUT2D eigenvalue weighted by Gasteiger charge is 2.17. The Morgan fingerprint density at radius 1 is 1.23 bits per heavy atom. The van der Waals surface area contributed by atoms with Gasteiger partial charge in [-0.2, -0.15) is 5.10 Å². The number of benzene rings is 1. The first-order valence-electron chi connectivity index (χ1n) is 8.59. The maximum absolute atomic E-state index is 12.7. The number of nitrogens with one attached hydrogen (secondary N) is 1. The summed E-state index contributed by atoms with van der Waals surface area (Å²) in [5.74, 6) is -0.0105. The standard InChI is InChI=1S/C19H22N4O2S/c1-11(2)18-21-16-17(26-18)13(4)22-23(19(16)25)10-15(24)20-12(3)14-8-6-5-7-9-14/h5-9,11-12H,10H2,1-4H3,(H,20,24)/t12-/m1/s1. The first-order chi connectivity index (χ1) is 12.4. The zero-order chi connectivity index (χ0) is 18.8. The summed E-state index contributed by atoms with van der Waals surface area (Å²) in [6, 6.07) is 9.55. The van der Waals surface area contributed by atoms with Crippen molar-refractivity contribution < 1.29 is 4.79 Å². The molecule has 1 aromatic carbocycles. The van der Waals surface area contributed by atoms with Crippen LogP contribution in [-0.4, -0.2) is 20.7 Å². The lowest BCUT2D eigenvalue weighted by atomic mass is 10.1. The molecular formula is C19H22N4O2S. The summed E-state index contributed by atoms with van der Waals surface area (Å²) >= 11 is 1.49. The number of carbonyl (C=O) groups excluding carboxylic acids is 1. The summed E-state index contributed by atoms with van der Waals surface area (Å²) in [6.45, 7) is 7.70. The van der Waals surface area contributed by atoms with E-state index in [1.165, 1.54) is 16.0 Å². The third kappa shape index (κ3) is 3.67. The summed E-state index contributed by atoms with van der Waals surface area (Å²) in [7, 11) is 0. The van der Waals surface area contributed by atoms with Gasteiger partial charge < -0.3 is 5.32 Å². The molecule has 0 aliphatic heterocycles. The van der Waals surface area contributed by atoms with Crippen LogP contribution in [0.1, 0.15) is 49.0 Å². The molecule has 0 radical (unpaired) electrons. The smallest absolute Gasteiger partial charge is 0.294 e. The topological polar surface area (TPSA) is 76.9 Å². The Bertz CT molecular complexity index is 992. The maximum Gasteiger partial charge on any atom is 0.294 e. The van der Waals surface area contributed by atoms with Gasteiger partial charge in [0.05, 0.1) is 21.4 Å². The predicted octanol–water partition coefficient (Wildman–Crippen LogP) is 3.16. The highest BCUT2D eigenvalue weighted by molar-refractivity contribution is 7.18. The van der Waals surface area contributed by atoms with Crippen molar-refractivity contribution in [1.82, 2.24) is 20.1 Å². The summed E-state index contributed by atoms with van der Waals surface area (Å²) in [6.07, 6.45) is 0. The van der Waals surface area contributed by atoms with E-state index >= 15 is 0 Å². The average molecular weight is 370 g/mol. The molecule has 0 bridgehead atoms. The van der Waals surface area contributed by atoms with E-state index in [2.05, 4.69) is 15.4 Å². The van der Waals surface area contributed by atoms with Gasteiger partial charge in [0.1, 0.15) is 6.54 Å². The lowest BCUT2D eigenvalue weighted by molar-refractivity contribution is -0.122. The first kappa shape index (κ1) is 18.3. The number of nitrogens with zero attached hydrogens (tertiary/aromatic N) is 3. The van der Waals surface area contributed by atoms with Crippen molar-refractivity contribution in [2.45, 2.75) is 46.2 Å². The lowest BCUT2D eigenvalue weighted by Crippen LogP contribution is -2.35. The second-order valence-electron chi connectivity index (χ2n) is 6.63. The molecule has 3 rings (SSSR count). The van der Waals surface area contributed by atoms with E-state index < -0.39 is 0 Å². The van der Waals surface area contributed by atoms with Gasteiger partial charge in [-0.05, 0) is 19.4 Å². The molecule has 2 heterocycles. The van der Waals surface area contributed by atoms with Crippen LogP contribution in [0.25, 0.3) is 10.2 Å². The van der Waals surface area contributed by atoms with Gasteiger partial charge in [-0.15, -0.1) is 11.3 Å². The Labute approximate surface area is 155 Å². The second-order valence-corrected chi connectivity index (χ2v) is 7.66. The minimum Gasteiger partial charge on any atom is -0.348 e. The molecule has 26 heavy (non-hydrogen) atoms. The summed E-state index contributed by atoms with van der Waals surface area (Å²) in [5, 5.41) is 8.12. The van der Waals surface area contributed by atoms with E-state index in [1.807, 2.05) is 58.0 Å². The summed E-state index contributed by atoms with van der Waals surface area (Å²) in [5.41, 5.74) is 1.80. The molecule has 0 aliphatic rings. The van der Waals surface area contributed by atoms with Crippen molar-refractivity contribution in [1.29, 1.82) is 0 Å². The van der Waals surface area contributed by atoms with Gasteiger partial charge >= 0.3 is 0 Å². The van der Waals surface area contributed by atoms with Crippen molar-refractivity contribution in [2.24, 2.45) is 0 Å². The van der Waals surface area contributed by atoms with Crippen LogP contribution in [0.3, 0.4) is 0 Å². The minimum absolute atomic E-state index is 0.124. The zero-order valence-electron chi connectivity index (χ0n) is 15.3. The van der Waals surface area contributed by atoms with E-state index in [4.69, 9.17) is 0 Å². The Balaban J connectivity index is 1.83. The number of aromatic nitrogens is 3. The molecule has 0 saturated carbocycles. The molecule has 3 aromatic rings. The molecule has 0 fully saturated rings. The number of hydrogen-bond donors (Lipinski definition) is 1. The minimum atomic E-state index is -0.323. The fraction of sp³-hybridized carbons (Fsp3) is 0.368. The number of aryl methyl sites for hydroxylation is 1. The number of hydrogen-bond acceptors (Lipinski definition) is 5. The van der Waals surface area contributed by atoms with Crippen LogP contribution in [0, 0.1) is 6.92 Å².